The third kappa shape index (κ3) is 4.41. The van der Waals surface area contributed by atoms with Crippen LogP contribution in [-0.4, -0.2) is 19.1 Å². The van der Waals surface area contributed by atoms with Gasteiger partial charge in [0.15, 0.2) is 0 Å². The third-order valence-corrected chi connectivity index (χ3v) is 7.30. The minimum Gasteiger partial charge on any atom is -0.508 e. The zero-order valence-electron chi connectivity index (χ0n) is 18.2. The SMILES string of the molecule is CCc1ccc(Nc2c(NS(=O)C3CC3c3cccc(O)c3)cc(C)c(=O)n2C)c(F)c1. The number of nitrogens with one attached hydrogen (secondary N) is 2. The third-order valence-electron chi connectivity index (χ3n) is 5.80. The number of anilines is 3. The van der Waals surface area contributed by atoms with Gasteiger partial charge in [-0.25, -0.2) is 8.60 Å². The Kier molecular flexibility index (Phi) is 6.06. The Morgan fingerprint density at radius 2 is 1.97 bits per heavy atom. The Labute approximate surface area is 188 Å². The summed E-state index contributed by atoms with van der Waals surface area (Å²) in [6.07, 6.45) is 1.44. The highest BCUT2D eigenvalue weighted by Crippen LogP contribution is 2.45. The van der Waals surface area contributed by atoms with Gasteiger partial charge in [-0.1, -0.05) is 25.1 Å². The first-order chi connectivity index (χ1) is 15.3. The number of aromatic hydroxyl groups is 1. The first-order valence-corrected chi connectivity index (χ1v) is 11.7. The molecule has 0 bridgehead atoms. The van der Waals surface area contributed by atoms with Crippen LogP contribution in [0.5, 0.6) is 5.75 Å². The lowest BCUT2D eigenvalue weighted by atomic mass is 10.1. The number of benzene rings is 2. The van der Waals surface area contributed by atoms with E-state index in [9.17, 15) is 18.5 Å². The van der Waals surface area contributed by atoms with Gasteiger partial charge in [0.1, 0.15) is 28.4 Å². The second-order valence-corrected chi connectivity index (χ2v) is 9.53. The van der Waals surface area contributed by atoms with E-state index in [-0.39, 0.29) is 28.2 Å². The molecular weight excluding hydrogens is 429 g/mol. The van der Waals surface area contributed by atoms with E-state index < -0.39 is 16.8 Å². The van der Waals surface area contributed by atoms with E-state index in [2.05, 4.69) is 10.0 Å². The van der Waals surface area contributed by atoms with Crippen molar-refractivity contribution in [1.82, 2.24) is 4.57 Å². The van der Waals surface area contributed by atoms with Crippen molar-refractivity contribution < 1.29 is 13.7 Å². The van der Waals surface area contributed by atoms with Crippen molar-refractivity contribution in [3.63, 3.8) is 0 Å². The number of hydrogen-bond acceptors (Lipinski definition) is 4. The lowest BCUT2D eigenvalue weighted by Crippen LogP contribution is -2.24. The van der Waals surface area contributed by atoms with Gasteiger partial charge in [-0.2, -0.15) is 0 Å². The fourth-order valence-corrected chi connectivity index (χ4v) is 5.19. The second kappa shape index (κ2) is 8.78. The second-order valence-electron chi connectivity index (χ2n) is 8.12. The number of phenolic OH excluding ortho intramolecular Hbond substituents is 1. The zero-order valence-corrected chi connectivity index (χ0v) is 19.0. The van der Waals surface area contributed by atoms with Gasteiger partial charge in [0.05, 0.1) is 16.6 Å². The predicted octanol–water partition coefficient (Wildman–Crippen LogP) is 4.48. The Hall–Kier alpha value is -3.13. The summed E-state index contributed by atoms with van der Waals surface area (Å²) in [5.41, 5.74) is 2.77. The molecule has 0 radical (unpaired) electrons. The monoisotopic (exact) mass is 455 g/mol. The van der Waals surface area contributed by atoms with Gasteiger partial charge in [0.2, 0.25) is 0 Å². The zero-order chi connectivity index (χ0) is 23.0. The summed E-state index contributed by atoms with van der Waals surface area (Å²) in [5.74, 6) is 0.185. The molecule has 6 nitrogen and oxygen atoms in total. The highest BCUT2D eigenvalue weighted by molar-refractivity contribution is 7.87. The van der Waals surface area contributed by atoms with Crippen LogP contribution < -0.4 is 15.6 Å². The van der Waals surface area contributed by atoms with Gasteiger partial charge in [-0.05, 0) is 61.2 Å². The molecule has 168 valence electrons. The van der Waals surface area contributed by atoms with Gasteiger partial charge in [0.25, 0.3) is 5.56 Å². The van der Waals surface area contributed by atoms with E-state index in [1.54, 1.807) is 44.3 Å². The van der Waals surface area contributed by atoms with Crippen molar-refractivity contribution in [2.45, 2.75) is 37.9 Å². The molecule has 2 aromatic carbocycles. The molecule has 0 saturated heterocycles. The van der Waals surface area contributed by atoms with Gasteiger partial charge in [-0.15, -0.1) is 0 Å². The maximum absolute atomic E-state index is 14.6. The molecule has 3 N–H and O–H groups in total. The van der Waals surface area contributed by atoms with Crippen molar-refractivity contribution in [3.8, 4) is 5.75 Å². The number of pyridine rings is 1. The molecule has 1 heterocycles. The van der Waals surface area contributed by atoms with Crippen LogP contribution in [0.1, 0.15) is 36.0 Å². The maximum atomic E-state index is 14.6. The summed E-state index contributed by atoms with van der Waals surface area (Å²) in [6, 6.07) is 13.5. The molecule has 4 rings (SSSR count). The first-order valence-electron chi connectivity index (χ1n) is 10.5. The van der Waals surface area contributed by atoms with E-state index >= 15 is 0 Å². The molecule has 32 heavy (non-hydrogen) atoms. The molecule has 1 aliphatic carbocycles. The van der Waals surface area contributed by atoms with Gasteiger partial charge < -0.3 is 15.1 Å². The summed E-state index contributed by atoms with van der Waals surface area (Å²) in [7, 11) is 0.163. The first kappa shape index (κ1) is 22.1. The molecule has 3 aromatic rings. The van der Waals surface area contributed by atoms with Crippen LogP contribution in [0.25, 0.3) is 0 Å². The standard InChI is InChI=1S/C24H26FN3O3S/c1-4-15-8-9-20(19(25)11-15)26-23-21(10-14(2)24(30)28(23)3)27-32(31)22-13-18(22)16-6-5-7-17(29)12-16/h5-12,18,22,26-27,29H,4,13H2,1-3H3. The van der Waals surface area contributed by atoms with Crippen molar-refractivity contribution in [2.75, 3.05) is 10.0 Å². The Balaban J connectivity index is 1.60. The summed E-state index contributed by atoms with van der Waals surface area (Å²) in [4.78, 5) is 12.5. The van der Waals surface area contributed by atoms with Crippen LogP contribution in [0.2, 0.25) is 0 Å². The molecule has 0 aliphatic heterocycles. The average molecular weight is 456 g/mol. The van der Waals surface area contributed by atoms with Crippen LogP contribution in [0.4, 0.5) is 21.6 Å². The van der Waals surface area contributed by atoms with Crippen LogP contribution in [-0.2, 0) is 24.5 Å². The smallest absolute Gasteiger partial charge is 0.254 e. The van der Waals surface area contributed by atoms with Gasteiger partial charge in [-0.3, -0.25) is 9.36 Å². The summed E-state index contributed by atoms with van der Waals surface area (Å²) in [6.45, 7) is 3.63. The molecule has 0 spiro atoms. The molecule has 3 atom stereocenters. The molecular formula is C24H26FN3O3S. The van der Waals surface area contributed by atoms with Crippen molar-refractivity contribution in [3.05, 3.63) is 81.4 Å². The van der Waals surface area contributed by atoms with E-state index in [0.29, 0.717) is 23.5 Å². The maximum Gasteiger partial charge on any atom is 0.254 e. The Bertz CT molecular complexity index is 1260. The van der Waals surface area contributed by atoms with E-state index in [1.807, 2.05) is 19.1 Å². The number of hydrogen-bond donors (Lipinski definition) is 3. The number of nitrogens with zero attached hydrogens (tertiary/aromatic N) is 1. The molecule has 0 amide bonds. The van der Waals surface area contributed by atoms with E-state index in [1.165, 1.54) is 10.6 Å². The largest absolute Gasteiger partial charge is 0.508 e. The van der Waals surface area contributed by atoms with E-state index in [0.717, 1.165) is 17.5 Å². The molecule has 1 fully saturated rings. The molecule has 1 aromatic heterocycles. The number of aryl methyl sites for hydroxylation is 2. The summed E-state index contributed by atoms with van der Waals surface area (Å²) in [5, 5.41) is 12.6. The highest BCUT2D eigenvalue weighted by atomic mass is 32.2. The minimum atomic E-state index is -1.43. The van der Waals surface area contributed by atoms with Gasteiger partial charge >= 0.3 is 0 Å². The molecule has 8 heteroatoms. The molecule has 1 saturated carbocycles. The van der Waals surface area contributed by atoms with Crippen molar-refractivity contribution in [2.24, 2.45) is 7.05 Å². The van der Waals surface area contributed by atoms with Crippen LogP contribution >= 0.6 is 0 Å². The van der Waals surface area contributed by atoms with Crippen LogP contribution in [0, 0.1) is 12.7 Å². The van der Waals surface area contributed by atoms with E-state index in [4.69, 9.17) is 0 Å². The number of aromatic nitrogens is 1. The van der Waals surface area contributed by atoms with Crippen molar-refractivity contribution >= 4 is 28.2 Å². The fraction of sp³-hybridized carbons (Fsp3) is 0.292. The van der Waals surface area contributed by atoms with Crippen molar-refractivity contribution in [1.29, 1.82) is 0 Å². The topological polar surface area (TPSA) is 83.4 Å². The quantitative estimate of drug-likeness (QED) is 0.491. The Morgan fingerprint density at radius 1 is 1.19 bits per heavy atom. The number of rotatable bonds is 7. The average Bonchev–Trinajstić information content (AvgIpc) is 3.57. The lowest BCUT2D eigenvalue weighted by Gasteiger charge is -2.18. The minimum absolute atomic E-state index is 0.0829. The Morgan fingerprint density at radius 3 is 2.66 bits per heavy atom. The van der Waals surface area contributed by atoms with Gasteiger partial charge in [0, 0.05) is 18.5 Å². The predicted molar refractivity (Wildman–Crippen MR) is 126 cm³/mol. The normalized spacial score (nSPS) is 18.2. The van der Waals surface area contributed by atoms with Crippen LogP contribution in [0.15, 0.2) is 53.3 Å². The fourth-order valence-electron chi connectivity index (χ4n) is 3.83. The lowest BCUT2D eigenvalue weighted by molar-refractivity contribution is 0.474. The summed E-state index contributed by atoms with van der Waals surface area (Å²) >= 11 is 0. The highest BCUT2D eigenvalue weighted by Gasteiger charge is 2.43. The number of halogens is 1. The molecule has 3 unspecified atom stereocenters. The molecule has 1 aliphatic rings. The summed E-state index contributed by atoms with van der Waals surface area (Å²) < 4.78 is 32.1. The number of phenols is 1. The van der Waals surface area contributed by atoms with Crippen LogP contribution in [0.3, 0.4) is 0 Å².